The third-order valence-electron chi connectivity index (χ3n) is 2.93. The molecule has 2 rings (SSSR count). The fraction of sp³-hybridized carbons (Fsp3) is 0.143. The molecular formula is C14H14BrNO4S2. The first-order valence-electron chi connectivity index (χ1n) is 6.19. The average molecular weight is 404 g/mol. The Labute approximate surface area is 138 Å². The van der Waals surface area contributed by atoms with Gasteiger partial charge in [0.25, 0.3) is 10.0 Å². The van der Waals surface area contributed by atoms with Crippen molar-refractivity contribution in [2.45, 2.75) is 16.7 Å². The van der Waals surface area contributed by atoms with Crippen LogP contribution in [-0.2, 0) is 19.9 Å². The number of benzene rings is 2. The third kappa shape index (κ3) is 3.88. The molecular weight excluding hydrogens is 390 g/mol. The van der Waals surface area contributed by atoms with Crippen molar-refractivity contribution >= 4 is 41.5 Å². The van der Waals surface area contributed by atoms with E-state index < -0.39 is 19.9 Å². The number of rotatable bonds is 4. The highest BCUT2D eigenvalue weighted by Gasteiger charge is 2.17. The maximum absolute atomic E-state index is 12.3. The molecule has 0 spiro atoms. The Balaban J connectivity index is 2.34. The number of hydrogen-bond donors (Lipinski definition) is 1. The maximum Gasteiger partial charge on any atom is 0.261 e. The molecule has 2 aromatic rings. The first-order valence-corrected chi connectivity index (χ1v) is 10.4. The van der Waals surface area contributed by atoms with E-state index in [1.165, 1.54) is 24.3 Å². The van der Waals surface area contributed by atoms with Gasteiger partial charge in [-0.15, -0.1) is 0 Å². The lowest BCUT2D eigenvalue weighted by Crippen LogP contribution is -2.13. The standard InChI is InChI=1S/C14H14BrNO4S2/c1-10-3-8-14(13(15)9-10)16-22(19,20)12-6-4-11(5-7-12)21(2,17)18/h3-9,16H,1-2H3. The van der Waals surface area contributed by atoms with Crippen LogP contribution in [0, 0.1) is 6.92 Å². The topological polar surface area (TPSA) is 80.3 Å². The molecule has 0 unspecified atom stereocenters. The van der Waals surface area contributed by atoms with E-state index in [4.69, 9.17) is 0 Å². The van der Waals surface area contributed by atoms with Gasteiger partial charge < -0.3 is 0 Å². The van der Waals surface area contributed by atoms with Gasteiger partial charge in [0.05, 0.1) is 15.5 Å². The van der Waals surface area contributed by atoms with Crippen LogP contribution in [0.3, 0.4) is 0 Å². The molecule has 0 aliphatic heterocycles. The van der Waals surface area contributed by atoms with Crippen LogP contribution in [0.25, 0.3) is 0 Å². The van der Waals surface area contributed by atoms with Crippen molar-refractivity contribution in [2.24, 2.45) is 0 Å². The second-order valence-electron chi connectivity index (χ2n) is 4.83. The van der Waals surface area contributed by atoms with Gasteiger partial charge in [0.2, 0.25) is 0 Å². The summed E-state index contributed by atoms with van der Waals surface area (Å²) in [6.07, 6.45) is 1.07. The summed E-state index contributed by atoms with van der Waals surface area (Å²) >= 11 is 3.30. The van der Waals surface area contributed by atoms with Gasteiger partial charge in [0.15, 0.2) is 9.84 Å². The monoisotopic (exact) mass is 403 g/mol. The molecule has 2 aromatic carbocycles. The highest BCUT2D eigenvalue weighted by molar-refractivity contribution is 9.10. The Morgan fingerprint density at radius 1 is 0.909 bits per heavy atom. The van der Waals surface area contributed by atoms with E-state index in [1.807, 2.05) is 6.92 Å². The number of anilines is 1. The summed E-state index contributed by atoms with van der Waals surface area (Å²) < 4.78 is 50.5. The number of aryl methyl sites for hydroxylation is 1. The molecule has 0 aromatic heterocycles. The molecule has 0 saturated heterocycles. The Hall–Kier alpha value is -1.38. The highest BCUT2D eigenvalue weighted by atomic mass is 79.9. The Morgan fingerprint density at radius 2 is 1.45 bits per heavy atom. The number of hydrogen-bond acceptors (Lipinski definition) is 4. The van der Waals surface area contributed by atoms with E-state index in [-0.39, 0.29) is 9.79 Å². The molecule has 0 aliphatic rings. The molecule has 0 atom stereocenters. The van der Waals surface area contributed by atoms with E-state index in [2.05, 4.69) is 20.7 Å². The molecule has 22 heavy (non-hydrogen) atoms. The summed E-state index contributed by atoms with van der Waals surface area (Å²) in [5.41, 5.74) is 1.41. The summed E-state index contributed by atoms with van der Waals surface area (Å²) in [7, 11) is -7.14. The maximum atomic E-state index is 12.3. The molecule has 0 saturated carbocycles. The van der Waals surface area contributed by atoms with Crippen LogP contribution in [0.1, 0.15) is 5.56 Å². The Kier molecular flexibility index (Phi) is 4.65. The van der Waals surface area contributed by atoms with Gasteiger partial charge in [0.1, 0.15) is 0 Å². The van der Waals surface area contributed by atoms with Gasteiger partial charge in [-0.25, -0.2) is 16.8 Å². The first-order chi connectivity index (χ1) is 10.1. The number of sulfonamides is 1. The molecule has 5 nitrogen and oxygen atoms in total. The quantitative estimate of drug-likeness (QED) is 0.850. The Morgan fingerprint density at radius 3 is 1.95 bits per heavy atom. The molecule has 118 valence electrons. The zero-order valence-electron chi connectivity index (χ0n) is 11.9. The predicted octanol–water partition coefficient (Wildman–Crippen LogP) is 2.96. The van der Waals surface area contributed by atoms with Crippen molar-refractivity contribution in [1.29, 1.82) is 0 Å². The molecule has 0 radical (unpaired) electrons. The molecule has 0 heterocycles. The van der Waals surface area contributed by atoms with Crippen LogP contribution >= 0.6 is 15.9 Å². The minimum atomic E-state index is -3.79. The predicted molar refractivity (Wildman–Crippen MR) is 89.2 cm³/mol. The fourth-order valence-corrected chi connectivity index (χ4v) is 4.21. The van der Waals surface area contributed by atoms with Gasteiger partial charge in [-0.05, 0) is 64.8 Å². The van der Waals surface area contributed by atoms with Gasteiger partial charge in [0, 0.05) is 10.7 Å². The van der Waals surface area contributed by atoms with Crippen LogP contribution in [0.4, 0.5) is 5.69 Å². The summed E-state index contributed by atoms with van der Waals surface area (Å²) in [6, 6.07) is 10.3. The second-order valence-corrected chi connectivity index (χ2v) is 9.38. The summed E-state index contributed by atoms with van der Waals surface area (Å²) in [5.74, 6) is 0. The summed E-state index contributed by atoms with van der Waals surface area (Å²) in [5, 5.41) is 0. The second kappa shape index (κ2) is 6.02. The minimum Gasteiger partial charge on any atom is -0.278 e. The normalized spacial score (nSPS) is 12.1. The fourth-order valence-electron chi connectivity index (χ4n) is 1.77. The van der Waals surface area contributed by atoms with Gasteiger partial charge >= 0.3 is 0 Å². The first kappa shape index (κ1) is 17.0. The lowest BCUT2D eigenvalue weighted by Gasteiger charge is -2.10. The number of nitrogens with one attached hydrogen (secondary N) is 1. The lowest BCUT2D eigenvalue weighted by atomic mass is 10.2. The van der Waals surface area contributed by atoms with E-state index in [0.717, 1.165) is 11.8 Å². The smallest absolute Gasteiger partial charge is 0.261 e. The van der Waals surface area contributed by atoms with Crippen molar-refractivity contribution < 1.29 is 16.8 Å². The van der Waals surface area contributed by atoms with Crippen LogP contribution in [0.2, 0.25) is 0 Å². The van der Waals surface area contributed by atoms with Gasteiger partial charge in [-0.3, -0.25) is 4.72 Å². The van der Waals surface area contributed by atoms with E-state index in [0.29, 0.717) is 10.2 Å². The summed E-state index contributed by atoms with van der Waals surface area (Å²) in [4.78, 5) is 0.0651. The zero-order chi connectivity index (χ0) is 16.5. The van der Waals surface area contributed by atoms with E-state index in [1.54, 1.807) is 18.2 Å². The van der Waals surface area contributed by atoms with Crippen molar-refractivity contribution in [2.75, 3.05) is 11.0 Å². The van der Waals surface area contributed by atoms with E-state index >= 15 is 0 Å². The van der Waals surface area contributed by atoms with Crippen LogP contribution < -0.4 is 4.72 Å². The number of halogens is 1. The van der Waals surface area contributed by atoms with Crippen molar-refractivity contribution in [3.63, 3.8) is 0 Å². The average Bonchev–Trinajstić information content (AvgIpc) is 2.41. The number of sulfone groups is 1. The van der Waals surface area contributed by atoms with E-state index in [9.17, 15) is 16.8 Å². The van der Waals surface area contributed by atoms with Crippen LogP contribution in [0.5, 0.6) is 0 Å². The zero-order valence-corrected chi connectivity index (χ0v) is 15.1. The molecule has 0 fully saturated rings. The minimum absolute atomic E-state index is 0.00706. The van der Waals surface area contributed by atoms with Gasteiger partial charge in [-0.2, -0.15) is 0 Å². The largest absolute Gasteiger partial charge is 0.278 e. The Bertz CT molecular complexity index is 904. The highest BCUT2D eigenvalue weighted by Crippen LogP contribution is 2.26. The molecule has 0 aliphatic carbocycles. The SMILES string of the molecule is Cc1ccc(NS(=O)(=O)c2ccc(S(C)(=O)=O)cc2)c(Br)c1. The molecule has 1 N–H and O–H groups in total. The van der Waals surface area contributed by atoms with Crippen molar-refractivity contribution in [1.82, 2.24) is 0 Å². The van der Waals surface area contributed by atoms with Crippen LogP contribution in [0.15, 0.2) is 56.7 Å². The lowest BCUT2D eigenvalue weighted by molar-refractivity contribution is 0.597. The van der Waals surface area contributed by atoms with Crippen molar-refractivity contribution in [3.8, 4) is 0 Å². The van der Waals surface area contributed by atoms with Crippen LogP contribution in [-0.4, -0.2) is 23.1 Å². The molecule has 0 bridgehead atoms. The van der Waals surface area contributed by atoms with Gasteiger partial charge in [-0.1, -0.05) is 6.07 Å². The molecule has 8 heteroatoms. The molecule has 0 amide bonds. The third-order valence-corrected chi connectivity index (χ3v) is 6.10. The van der Waals surface area contributed by atoms with Crippen molar-refractivity contribution in [3.05, 3.63) is 52.5 Å². The summed E-state index contributed by atoms with van der Waals surface area (Å²) in [6.45, 7) is 1.90.